The van der Waals surface area contributed by atoms with Crippen LogP contribution in [0.1, 0.15) is 19.3 Å². The predicted molar refractivity (Wildman–Crippen MR) is 60.2 cm³/mol. The molecule has 0 aromatic rings. The lowest BCUT2D eigenvalue weighted by Gasteiger charge is -2.45. The molecule has 1 aliphatic carbocycles. The van der Waals surface area contributed by atoms with E-state index in [-0.39, 0.29) is 18.1 Å². The van der Waals surface area contributed by atoms with Crippen molar-refractivity contribution in [3.05, 3.63) is 12.7 Å². The Hall–Kier alpha value is -1.03. The number of likely N-dealkylation sites (tertiary alicyclic amines) is 1. The van der Waals surface area contributed by atoms with Crippen LogP contribution in [0.4, 0.5) is 4.79 Å². The number of ether oxygens (including phenoxy) is 2. The summed E-state index contributed by atoms with van der Waals surface area (Å²) < 4.78 is 10.5. The molecule has 0 N–H and O–H groups in total. The maximum atomic E-state index is 11.6. The first-order valence-electron chi connectivity index (χ1n) is 5.77. The van der Waals surface area contributed by atoms with Crippen LogP contribution in [0.25, 0.3) is 0 Å². The van der Waals surface area contributed by atoms with Gasteiger partial charge in [-0.25, -0.2) is 4.79 Å². The first-order chi connectivity index (χ1) is 7.72. The highest BCUT2D eigenvalue weighted by atomic mass is 16.6. The van der Waals surface area contributed by atoms with Crippen LogP contribution < -0.4 is 0 Å². The Bertz CT molecular complexity index is 290. The SMILES string of the molecule is C=CCOC(=O)N1CCC2(CCC2OC)C1. The van der Waals surface area contributed by atoms with Gasteiger partial charge in [0.15, 0.2) is 0 Å². The second kappa shape index (κ2) is 4.45. The Morgan fingerprint density at radius 1 is 1.62 bits per heavy atom. The molecule has 0 radical (unpaired) electrons. The largest absolute Gasteiger partial charge is 0.445 e. The molecule has 4 heteroatoms. The van der Waals surface area contributed by atoms with Gasteiger partial charge in [-0.05, 0) is 19.3 Å². The Labute approximate surface area is 96.2 Å². The summed E-state index contributed by atoms with van der Waals surface area (Å²) in [6.45, 7) is 5.38. The molecule has 1 saturated carbocycles. The van der Waals surface area contributed by atoms with Crippen molar-refractivity contribution in [3.63, 3.8) is 0 Å². The third-order valence-corrected chi connectivity index (χ3v) is 3.84. The molecule has 2 aliphatic rings. The van der Waals surface area contributed by atoms with E-state index in [0.29, 0.717) is 6.10 Å². The van der Waals surface area contributed by atoms with Gasteiger partial charge in [-0.1, -0.05) is 12.7 Å². The van der Waals surface area contributed by atoms with Crippen molar-refractivity contribution in [2.24, 2.45) is 5.41 Å². The fraction of sp³-hybridized carbons (Fsp3) is 0.750. The van der Waals surface area contributed by atoms with Crippen LogP contribution in [0, 0.1) is 5.41 Å². The van der Waals surface area contributed by atoms with Crippen molar-refractivity contribution >= 4 is 6.09 Å². The second-order valence-corrected chi connectivity index (χ2v) is 4.66. The van der Waals surface area contributed by atoms with Crippen LogP contribution >= 0.6 is 0 Å². The van der Waals surface area contributed by atoms with Gasteiger partial charge in [-0.15, -0.1) is 0 Å². The number of nitrogens with zero attached hydrogens (tertiary/aromatic N) is 1. The number of carbonyl (C=O) groups excluding carboxylic acids is 1. The van der Waals surface area contributed by atoms with E-state index >= 15 is 0 Å². The van der Waals surface area contributed by atoms with Crippen LogP contribution in [0.5, 0.6) is 0 Å². The molecule has 16 heavy (non-hydrogen) atoms. The van der Waals surface area contributed by atoms with Gasteiger partial charge in [-0.2, -0.15) is 0 Å². The maximum absolute atomic E-state index is 11.6. The molecule has 1 saturated heterocycles. The average Bonchev–Trinajstić information content (AvgIpc) is 2.72. The molecule has 2 fully saturated rings. The lowest BCUT2D eigenvalue weighted by Crippen LogP contribution is -2.48. The molecule has 2 rings (SSSR count). The van der Waals surface area contributed by atoms with E-state index < -0.39 is 0 Å². The van der Waals surface area contributed by atoms with Gasteiger partial charge in [0.1, 0.15) is 6.61 Å². The summed E-state index contributed by atoms with van der Waals surface area (Å²) in [7, 11) is 1.75. The molecule has 90 valence electrons. The van der Waals surface area contributed by atoms with Crippen LogP contribution in [0.2, 0.25) is 0 Å². The molecule has 1 heterocycles. The van der Waals surface area contributed by atoms with Gasteiger partial charge < -0.3 is 14.4 Å². The zero-order valence-electron chi connectivity index (χ0n) is 9.78. The highest BCUT2D eigenvalue weighted by molar-refractivity contribution is 5.68. The molecule has 1 spiro atoms. The van der Waals surface area contributed by atoms with Gasteiger partial charge in [0, 0.05) is 25.6 Å². The molecule has 0 aromatic heterocycles. The van der Waals surface area contributed by atoms with Gasteiger partial charge in [0.05, 0.1) is 6.10 Å². The quantitative estimate of drug-likeness (QED) is 0.688. The number of methoxy groups -OCH3 is 1. The van der Waals surface area contributed by atoms with E-state index in [0.717, 1.165) is 32.4 Å². The number of hydrogen-bond acceptors (Lipinski definition) is 3. The Morgan fingerprint density at radius 2 is 2.44 bits per heavy atom. The zero-order valence-corrected chi connectivity index (χ0v) is 9.78. The summed E-state index contributed by atoms with van der Waals surface area (Å²) in [6.07, 6.45) is 5.01. The number of rotatable bonds is 3. The second-order valence-electron chi connectivity index (χ2n) is 4.66. The van der Waals surface area contributed by atoms with Crippen molar-refractivity contribution in [2.45, 2.75) is 25.4 Å². The lowest BCUT2D eigenvalue weighted by molar-refractivity contribution is -0.0831. The minimum Gasteiger partial charge on any atom is -0.445 e. The molecule has 2 unspecified atom stereocenters. The van der Waals surface area contributed by atoms with Crippen LogP contribution in [-0.2, 0) is 9.47 Å². The minimum atomic E-state index is -0.224. The smallest absolute Gasteiger partial charge is 0.410 e. The average molecular weight is 225 g/mol. The lowest BCUT2D eigenvalue weighted by atomic mass is 9.65. The first kappa shape index (κ1) is 11.5. The molecule has 1 amide bonds. The zero-order chi connectivity index (χ0) is 11.6. The van der Waals surface area contributed by atoms with Gasteiger partial charge in [0.25, 0.3) is 0 Å². The summed E-state index contributed by atoms with van der Waals surface area (Å²) in [5, 5.41) is 0. The van der Waals surface area contributed by atoms with Crippen LogP contribution in [0.15, 0.2) is 12.7 Å². The maximum Gasteiger partial charge on any atom is 0.410 e. The van der Waals surface area contributed by atoms with E-state index in [9.17, 15) is 4.79 Å². The van der Waals surface area contributed by atoms with Gasteiger partial charge in [-0.3, -0.25) is 0 Å². The van der Waals surface area contributed by atoms with Gasteiger partial charge in [0.2, 0.25) is 0 Å². The van der Waals surface area contributed by atoms with E-state index in [1.54, 1.807) is 18.1 Å². The van der Waals surface area contributed by atoms with Crippen molar-refractivity contribution in [1.29, 1.82) is 0 Å². The highest BCUT2D eigenvalue weighted by Gasteiger charge is 2.52. The predicted octanol–water partition coefficient (Wildman–Crippen LogP) is 1.81. The minimum absolute atomic E-state index is 0.210. The molecule has 4 nitrogen and oxygen atoms in total. The van der Waals surface area contributed by atoms with Crippen molar-refractivity contribution in [2.75, 3.05) is 26.8 Å². The highest BCUT2D eigenvalue weighted by Crippen LogP contribution is 2.49. The van der Waals surface area contributed by atoms with E-state index in [1.807, 2.05) is 0 Å². The number of amides is 1. The fourth-order valence-electron chi connectivity index (χ4n) is 2.78. The molecule has 0 aromatic carbocycles. The van der Waals surface area contributed by atoms with Crippen molar-refractivity contribution in [3.8, 4) is 0 Å². The van der Waals surface area contributed by atoms with E-state index in [4.69, 9.17) is 9.47 Å². The third kappa shape index (κ3) is 1.82. The summed E-state index contributed by atoms with van der Waals surface area (Å²) in [6, 6.07) is 0. The standard InChI is InChI=1S/C12H19NO3/c1-3-8-16-11(14)13-7-6-12(9-13)5-4-10(12)15-2/h3,10H,1,4-9H2,2H3. The Balaban J connectivity index is 1.88. The summed E-state index contributed by atoms with van der Waals surface area (Å²) in [4.78, 5) is 13.4. The normalized spacial score (nSPS) is 32.6. The Morgan fingerprint density at radius 3 is 3.00 bits per heavy atom. The molecule has 2 atom stereocenters. The van der Waals surface area contributed by atoms with E-state index in [1.165, 1.54) is 0 Å². The molecular formula is C12H19NO3. The summed E-state index contributed by atoms with van der Waals surface area (Å²) in [5.74, 6) is 0. The fourth-order valence-corrected chi connectivity index (χ4v) is 2.78. The summed E-state index contributed by atoms with van der Waals surface area (Å²) >= 11 is 0. The van der Waals surface area contributed by atoms with Crippen molar-refractivity contribution in [1.82, 2.24) is 4.90 Å². The molecule has 0 bridgehead atoms. The number of hydrogen-bond donors (Lipinski definition) is 0. The van der Waals surface area contributed by atoms with Gasteiger partial charge >= 0.3 is 6.09 Å². The van der Waals surface area contributed by atoms with Crippen LogP contribution in [0.3, 0.4) is 0 Å². The van der Waals surface area contributed by atoms with Crippen LogP contribution in [-0.4, -0.2) is 43.9 Å². The topological polar surface area (TPSA) is 38.8 Å². The van der Waals surface area contributed by atoms with Crippen molar-refractivity contribution < 1.29 is 14.3 Å². The Kier molecular flexibility index (Phi) is 3.19. The molecule has 1 aliphatic heterocycles. The third-order valence-electron chi connectivity index (χ3n) is 3.84. The number of carbonyl (C=O) groups is 1. The summed E-state index contributed by atoms with van der Waals surface area (Å²) in [5.41, 5.74) is 0.210. The monoisotopic (exact) mass is 225 g/mol. The van der Waals surface area contributed by atoms with E-state index in [2.05, 4.69) is 6.58 Å². The molecular weight excluding hydrogens is 206 g/mol. The first-order valence-corrected chi connectivity index (χ1v) is 5.77.